The number of hydrogen-bond acceptors (Lipinski definition) is 8. The molecule has 28 heavy (non-hydrogen) atoms. The van der Waals surface area contributed by atoms with Crippen molar-refractivity contribution < 1.29 is 28.9 Å². The van der Waals surface area contributed by atoms with Gasteiger partial charge < -0.3 is 28.5 Å². The Kier molecular flexibility index (Phi) is 15.6. The number of nitrogens with zero attached hydrogens (tertiary/aromatic N) is 4. The van der Waals surface area contributed by atoms with Crippen molar-refractivity contribution in [3.8, 4) is 0 Å². The second kappa shape index (κ2) is 17.4. The lowest BCUT2D eigenvalue weighted by atomic mass is 10.5. The Hall–Kier alpha value is -2.98. The highest BCUT2D eigenvalue weighted by atomic mass is 16.5. The highest BCUT2D eigenvalue weighted by molar-refractivity contribution is 5.81. The van der Waals surface area contributed by atoms with Crippen LogP contribution in [0, 0.1) is 0 Å². The average molecular weight is 396 g/mol. The van der Waals surface area contributed by atoms with Gasteiger partial charge in [0.15, 0.2) is 0 Å². The summed E-state index contributed by atoms with van der Waals surface area (Å²) in [5.74, 6) is -0.623. The van der Waals surface area contributed by atoms with Crippen molar-refractivity contribution in [2.45, 2.75) is 19.5 Å². The van der Waals surface area contributed by atoms with Gasteiger partial charge in [0, 0.05) is 45.1 Å². The van der Waals surface area contributed by atoms with Gasteiger partial charge in [0.25, 0.3) is 0 Å². The Balaban J connectivity index is 0.000000483. The topological polar surface area (TPSA) is 118 Å². The van der Waals surface area contributed by atoms with Crippen LogP contribution >= 0.6 is 0 Å². The van der Waals surface area contributed by atoms with Crippen LogP contribution in [-0.4, -0.2) is 70.2 Å². The van der Waals surface area contributed by atoms with Gasteiger partial charge in [-0.2, -0.15) is 0 Å². The Labute approximate surface area is 164 Å². The molecule has 0 aliphatic carbocycles. The summed E-state index contributed by atoms with van der Waals surface area (Å²) in [6.45, 7) is 5.67. The van der Waals surface area contributed by atoms with Crippen molar-refractivity contribution in [2.24, 2.45) is 0 Å². The first-order chi connectivity index (χ1) is 13.7. The second-order valence-electron chi connectivity index (χ2n) is 4.94. The summed E-state index contributed by atoms with van der Waals surface area (Å²) >= 11 is 0. The third kappa shape index (κ3) is 13.3. The third-order valence-electron chi connectivity index (χ3n) is 3.00. The first kappa shape index (κ1) is 25.0. The van der Waals surface area contributed by atoms with Crippen molar-refractivity contribution in [2.75, 3.05) is 34.0 Å². The summed E-state index contributed by atoms with van der Waals surface area (Å²) in [6, 6.07) is 0. The molecule has 0 atom stereocenters. The molecule has 0 saturated carbocycles. The van der Waals surface area contributed by atoms with Crippen LogP contribution < -0.4 is 0 Å². The van der Waals surface area contributed by atoms with Crippen molar-refractivity contribution >= 4 is 11.9 Å². The lowest BCUT2D eigenvalue weighted by Gasteiger charge is -2.04. The number of aromatic nitrogens is 4. The van der Waals surface area contributed by atoms with Crippen LogP contribution in [-0.2, 0) is 36.9 Å². The van der Waals surface area contributed by atoms with E-state index in [2.05, 4.69) is 16.5 Å². The highest BCUT2D eigenvalue weighted by Crippen LogP contribution is 1.90. The summed E-state index contributed by atoms with van der Waals surface area (Å²) in [7, 11) is 2.55. The highest BCUT2D eigenvalue weighted by Gasteiger charge is 2.01. The maximum Gasteiger partial charge on any atom is 0.330 e. The van der Waals surface area contributed by atoms with Gasteiger partial charge in [0.05, 0.1) is 38.8 Å². The summed E-state index contributed by atoms with van der Waals surface area (Å²) in [6.07, 6.45) is 11.8. The molecule has 156 valence electrons. The average Bonchev–Trinajstić information content (AvgIpc) is 3.42. The predicted octanol–water partition coefficient (Wildman–Crippen LogP) is 0.684. The number of carbonyl (C=O) groups is 2. The number of imidazole rings is 2. The number of hydrogen-bond donors (Lipinski definition) is 1. The molecular formula is C18H28N4O6. The molecule has 0 amide bonds. The molecule has 2 heterocycles. The number of rotatable bonds is 10. The number of carbonyl (C=O) groups excluding carboxylic acids is 2. The summed E-state index contributed by atoms with van der Waals surface area (Å²) < 4.78 is 18.1. The van der Waals surface area contributed by atoms with Gasteiger partial charge in [-0.05, 0) is 0 Å². The summed E-state index contributed by atoms with van der Waals surface area (Å²) in [5.41, 5.74) is 0. The lowest BCUT2D eigenvalue weighted by molar-refractivity contribution is -0.145. The Morgan fingerprint density at radius 2 is 1.54 bits per heavy atom. The monoisotopic (exact) mass is 396 g/mol. The molecule has 0 radical (unpaired) electrons. The van der Waals surface area contributed by atoms with E-state index in [0.717, 1.165) is 13.2 Å². The molecule has 0 fully saturated rings. The number of ether oxygens (including phenoxy) is 3. The summed E-state index contributed by atoms with van der Waals surface area (Å²) in [5, 5.41) is 7.00. The van der Waals surface area contributed by atoms with E-state index in [1.165, 1.54) is 0 Å². The van der Waals surface area contributed by atoms with E-state index in [9.17, 15) is 9.59 Å². The zero-order valence-electron chi connectivity index (χ0n) is 16.3. The van der Waals surface area contributed by atoms with E-state index in [1.807, 2.05) is 21.5 Å². The molecule has 0 spiro atoms. The van der Waals surface area contributed by atoms with E-state index in [4.69, 9.17) is 19.3 Å². The SMILES string of the molecule is C=CC(=O)OCCn1ccnc1.CO.COCCC(=O)OCCn1ccnc1. The van der Waals surface area contributed by atoms with Gasteiger partial charge in [-0.1, -0.05) is 6.58 Å². The minimum Gasteiger partial charge on any atom is -0.464 e. The van der Waals surface area contributed by atoms with Gasteiger partial charge in [0.2, 0.25) is 0 Å². The van der Waals surface area contributed by atoms with E-state index in [0.29, 0.717) is 39.3 Å². The van der Waals surface area contributed by atoms with Gasteiger partial charge in [0.1, 0.15) is 13.2 Å². The number of esters is 2. The molecule has 2 aromatic heterocycles. The number of methoxy groups -OCH3 is 1. The van der Waals surface area contributed by atoms with Gasteiger partial charge >= 0.3 is 11.9 Å². The fraction of sp³-hybridized carbons (Fsp3) is 0.444. The molecular weight excluding hydrogens is 368 g/mol. The molecule has 0 aromatic carbocycles. The third-order valence-corrected chi connectivity index (χ3v) is 3.00. The van der Waals surface area contributed by atoms with Crippen molar-refractivity contribution in [1.82, 2.24) is 19.1 Å². The maximum atomic E-state index is 11.0. The normalized spacial score (nSPS) is 9.25. The molecule has 2 aromatic rings. The molecule has 2 rings (SSSR count). The fourth-order valence-corrected chi connectivity index (χ4v) is 1.67. The molecule has 0 aliphatic heterocycles. The van der Waals surface area contributed by atoms with Crippen LogP contribution in [0.2, 0.25) is 0 Å². The Bertz CT molecular complexity index is 629. The van der Waals surface area contributed by atoms with Crippen LogP contribution in [0.15, 0.2) is 50.1 Å². The molecule has 10 heteroatoms. The van der Waals surface area contributed by atoms with Crippen molar-refractivity contribution in [3.05, 3.63) is 50.1 Å². The van der Waals surface area contributed by atoms with E-state index in [1.54, 1.807) is 32.2 Å². The van der Waals surface area contributed by atoms with Crippen LogP contribution in [0.5, 0.6) is 0 Å². The molecule has 0 aliphatic rings. The van der Waals surface area contributed by atoms with Gasteiger partial charge in [-0.15, -0.1) is 0 Å². The molecule has 1 N–H and O–H groups in total. The van der Waals surface area contributed by atoms with E-state index < -0.39 is 5.97 Å². The van der Waals surface area contributed by atoms with Crippen molar-refractivity contribution in [3.63, 3.8) is 0 Å². The molecule has 10 nitrogen and oxygen atoms in total. The number of aliphatic hydroxyl groups excluding tert-OH is 1. The maximum absolute atomic E-state index is 11.0. The standard InChI is InChI=1S/C9H14N2O3.C8H10N2O2.CH4O/c1-13-6-2-9(12)14-7-5-11-4-3-10-8-11;1-2-8(11)12-6-5-10-4-3-9-7-10;1-2/h3-4,8H,2,5-7H2,1H3;2-4,7H,1,5-6H2;2H,1H3. The predicted molar refractivity (Wildman–Crippen MR) is 101 cm³/mol. The fourth-order valence-electron chi connectivity index (χ4n) is 1.67. The zero-order chi connectivity index (χ0) is 21.0. The number of aliphatic hydroxyl groups is 1. The van der Waals surface area contributed by atoms with E-state index >= 15 is 0 Å². The minimum atomic E-state index is -0.393. The molecule has 0 unspecified atom stereocenters. The summed E-state index contributed by atoms with van der Waals surface area (Å²) in [4.78, 5) is 29.3. The van der Waals surface area contributed by atoms with Gasteiger partial charge in [-0.25, -0.2) is 14.8 Å². The van der Waals surface area contributed by atoms with Crippen LogP contribution in [0.4, 0.5) is 0 Å². The zero-order valence-corrected chi connectivity index (χ0v) is 16.3. The van der Waals surface area contributed by atoms with Crippen LogP contribution in [0.25, 0.3) is 0 Å². The largest absolute Gasteiger partial charge is 0.464 e. The first-order valence-electron chi connectivity index (χ1n) is 8.45. The minimum absolute atomic E-state index is 0.230. The molecule has 0 bridgehead atoms. The second-order valence-corrected chi connectivity index (χ2v) is 4.94. The quantitative estimate of drug-likeness (QED) is 0.460. The Morgan fingerprint density at radius 1 is 1.00 bits per heavy atom. The molecule has 0 saturated heterocycles. The smallest absolute Gasteiger partial charge is 0.330 e. The van der Waals surface area contributed by atoms with Crippen molar-refractivity contribution in [1.29, 1.82) is 0 Å². The lowest BCUT2D eigenvalue weighted by Crippen LogP contribution is -2.11. The van der Waals surface area contributed by atoms with Crippen LogP contribution in [0.1, 0.15) is 6.42 Å². The van der Waals surface area contributed by atoms with Gasteiger partial charge in [-0.3, -0.25) is 4.79 Å². The first-order valence-corrected chi connectivity index (χ1v) is 8.45. The van der Waals surface area contributed by atoms with Crippen LogP contribution in [0.3, 0.4) is 0 Å². The van der Waals surface area contributed by atoms with E-state index in [-0.39, 0.29) is 5.97 Å². The Morgan fingerprint density at radius 3 is 1.96 bits per heavy atom.